The van der Waals surface area contributed by atoms with Gasteiger partial charge in [-0.1, -0.05) is 29.8 Å². The lowest BCUT2D eigenvalue weighted by atomic mass is 10.1. The average Bonchev–Trinajstić information content (AvgIpc) is 2.91. The molecule has 0 amide bonds. The van der Waals surface area contributed by atoms with Crippen molar-refractivity contribution in [1.82, 2.24) is 4.57 Å². The maximum atomic E-state index is 13.1. The standard InChI is InChI=1S/C21H15FN2O2S/c1-13-4-3-5-14(10-13)11-18-20(26)24(2)21(27-18)17(12-23)19(25)15-6-8-16(22)9-7-15/h3-11H,1-2H3/b18-11-,21-17-. The molecule has 0 aliphatic rings. The van der Waals surface area contributed by atoms with Crippen LogP contribution in [0.1, 0.15) is 21.5 Å². The number of carbonyl (C=O) groups excluding carboxylic acids is 1. The average molecular weight is 378 g/mol. The molecule has 134 valence electrons. The van der Waals surface area contributed by atoms with Crippen molar-refractivity contribution in [3.8, 4) is 6.07 Å². The van der Waals surface area contributed by atoms with E-state index in [4.69, 9.17) is 0 Å². The lowest BCUT2D eigenvalue weighted by molar-refractivity contribution is 0.105. The molecule has 0 N–H and O–H groups in total. The predicted octanol–water partition coefficient (Wildman–Crippen LogP) is 2.28. The molecule has 0 radical (unpaired) electrons. The van der Waals surface area contributed by atoms with E-state index in [0.29, 0.717) is 4.53 Å². The fourth-order valence-electron chi connectivity index (χ4n) is 2.64. The number of aromatic nitrogens is 1. The maximum Gasteiger partial charge on any atom is 0.268 e. The smallest absolute Gasteiger partial charge is 0.268 e. The van der Waals surface area contributed by atoms with E-state index in [2.05, 4.69) is 0 Å². The molecule has 0 saturated carbocycles. The molecule has 6 heteroatoms. The number of hydrogen-bond donors (Lipinski definition) is 0. The van der Waals surface area contributed by atoms with E-state index in [1.54, 1.807) is 6.08 Å². The highest BCUT2D eigenvalue weighted by molar-refractivity contribution is 7.07. The number of aryl methyl sites for hydroxylation is 1. The zero-order valence-electron chi connectivity index (χ0n) is 14.7. The Morgan fingerprint density at radius 1 is 1.22 bits per heavy atom. The highest BCUT2D eigenvalue weighted by atomic mass is 32.1. The summed E-state index contributed by atoms with van der Waals surface area (Å²) < 4.78 is 15.1. The lowest BCUT2D eigenvalue weighted by Gasteiger charge is -1.99. The second-order valence-corrected chi connectivity index (χ2v) is 7.05. The van der Waals surface area contributed by atoms with Crippen LogP contribution in [0.25, 0.3) is 11.6 Å². The van der Waals surface area contributed by atoms with Crippen molar-refractivity contribution in [2.45, 2.75) is 6.92 Å². The highest BCUT2D eigenvalue weighted by Gasteiger charge is 2.16. The van der Waals surface area contributed by atoms with E-state index in [0.717, 1.165) is 34.6 Å². The Hall–Kier alpha value is -3.30. The molecule has 0 unspecified atom stereocenters. The number of nitrogens with zero attached hydrogens (tertiary/aromatic N) is 2. The first-order valence-corrected chi connectivity index (χ1v) is 8.91. The third-order valence-corrected chi connectivity index (χ3v) is 5.21. The first kappa shape index (κ1) is 18.5. The van der Waals surface area contributed by atoms with Crippen molar-refractivity contribution >= 4 is 28.8 Å². The van der Waals surface area contributed by atoms with Crippen molar-refractivity contribution < 1.29 is 9.18 Å². The minimum atomic E-state index is -0.545. The third-order valence-electron chi connectivity index (χ3n) is 4.03. The van der Waals surface area contributed by atoms with Crippen LogP contribution in [0.5, 0.6) is 0 Å². The summed E-state index contributed by atoms with van der Waals surface area (Å²) in [5.41, 5.74) is 1.70. The van der Waals surface area contributed by atoms with E-state index < -0.39 is 11.6 Å². The van der Waals surface area contributed by atoms with Gasteiger partial charge in [-0.25, -0.2) is 4.39 Å². The van der Waals surface area contributed by atoms with E-state index in [1.165, 1.54) is 23.7 Å². The molecule has 1 heterocycles. The molecule has 0 atom stereocenters. The monoisotopic (exact) mass is 378 g/mol. The molecular formula is C21H15FN2O2S. The van der Waals surface area contributed by atoms with Crippen LogP contribution in [-0.2, 0) is 7.05 Å². The molecule has 2 aromatic carbocycles. The van der Waals surface area contributed by atoms with E-state index in [-0.39, 0.29) is 21.4 Å². The van der Waals surface area contributed by atoms with Gasteiger partial charge in [-0.3, -0.25) is 9.59 Å². The summed E-state index contributed by atoms with van der Waals surface area (Å²) in [6, 6.07) is 14.5. The molecule has 0 fully saturated rings. The summed E-state index contributed by atoms with van der Waals surface area (Å²) in [6.07, 6.45) is 1.74. The zero-order chi connectivity index (χ0) is 19.6. The quantitative estimate of drug-likeness (QED) is 0.657. The van der Waals surface area contributed by atoms with Crippen LogP contribution in [0, 0.1) is 24.1 Å². The molecule has 0 spiro atoms. The van der Waals surface area contributed by atoms with Gasteiger partial charge in [0.25, 0.3) is 5.56 Å². The Labute approximate surface area is 158 Å². The van der Waals surface area contributed by atoms with Crippen molar-refractivity contribution in [3.63, 3.8) is 0 Å². The van der Waals surface area contributed by atoms with Gasteiger partial charge in [0.2, 0.25) is 5.78 Å². The first-order chi connectivity index (χ1) is 12.9. The van der Waals surface area contributed by atoms with Gasteiger partial charge in [0.05, 0.1) is 4.53 Å². The Morgan fingerprint density at radius 2 is 1.93 bits per heavy atom. The molecule has 27 heavy (non-hydrogen) atoms. The van der Waals surface area contributed by atoms with Gasteiger partial charge in [-0.15, -0.1) is 11.3 Å². The number of Topliss-reactive ketones (excluding diaryl/α,β-unsaturated/α-hetero) is 1. The molecule has 0 aliphatic carbocycles. The fraction of sp³-hybridized carbons (Fsp3) is 0.0952. The molecule has 3 rings (SSSR count). The minimum Gasteiger partial charge on any atom is -0.301 e. The summed E-state index contributed by atoms with van der Waals surface area (Å²) in [5, 5.41) is 9.52. The number of ketones is 1. The van der Waals surface area contributed by atoms with Crippen molar-refractivity contribution in [3.05, 3.63) is 90.6 Å². The van der Waals surface area contributed by atoms with E-state index in [9.17, 15) is 19.2 Å². The van der Waals surface area contributed by atoms with Gasteiger partial charge in [0, 0.05) is 12.6 Å². The minimum absolute atomic E-state index is 0.143. The number of nitriles is 1. The van der Waals surface area contributed by atoms with E-state index in [1.807, 2.05) is 37.3 Å². The summed E-state index contributed by atoms with van der Waals surface area (Å²) >= 11 is 1.09. The van der Waals surface area contributed by atoms with Crippen molar-refractivity contribution in [2.24, 2.45) is 7.05 Å². The molecule has 3 aromatic rings. The Morgan fingerprint density at radius 3 is 2.56 bits per heavy atom. The molecular weight excluding hydrogens is 363 g/mol. The number of carbonyl (C=O) groups is 1. The third kappa shape index (κ3) is 3.78. The van der Waals surface area contributed by atoms with Gasteiger partial charge in [0.1, 0.15) is 22.1 Å². The summed E-state index contributed by atoms with van der Waals surface area (Å²) in [7, 11) is 1.52. The van der Waals surface area contributed by atoms with Crippen LogP contribution >= 0.6 is 11.3 Å². The van der Waals surface area contributed by atoms with Gasteiger partial charge in [-0.2, -0.15) is 5.26 Å². The van der Waals surface area contributed by atoms with Gasteiger partial charge in [-0.05, 0) is 42.8 Å². The predicted molar refractivity (Wildman–Crippen MR) is 103 cm³/mol. The summed E-state index contributed by atoms with van der Waals surface area (Å²) in [4.78, 5) is 25.2. The van der Waals surface area contributed by atoms with Crippen LogP contribution < -0.4 is 14.8 Å². The van der Waals surface area contributed by atoms with E-state index >= 15 is 0 Å². The Balaban J connectivity index is 2.21. The second kappa shape index (κ2) is 7.52. The van der Waals surface area contributed by atoms with Crippen LogP contribution in [0.3, 0.4) is 0 Å². The molecule has 1 aromatic heterocycles. The largest absolute Gasteiger partial charge is 0.301 e. The molecule has 0 bridgehead atoms. The summed E-state index contributed by atoms with van der Waals surface area (Å²) in [6.45, 7) is 1.96. The van der Waals surface area contributed by atoms with Gasteiger partial charge < -0.3 is 4.57 Å². The summed E-state index contributed by atoms with van der Waals surface area (Å²) in [5.74, 6) is -1.01. The topological polar surface area (TPSA) is 62.9 Å². The van der Waals surface area contributed by atoms with Crippen LogP contribution in [0.4, 0.5) is 4.39 Å². The molecule has 0 aliphatic heterocycles. The maximum absolute atomic E-state index is 13.1. The lowest BCUT2D eigenvalue weighted by Crippen LogP contribution is -2.30. The Bertz CT molecular complexity index is 1250. The second-order valence-electron chi connectivity index (χ2n) is 6.02. The number of thiazole rings is 1. The Kier molecular flexibility index (Phi) is 5.15. The number of halogens is 1. The fourth-order valence-corrected chi connectivity index (χ4v) is 3.72. The highest BCUT2D eigenvalue weighted by Crippen LogP contribution is 2.09. The SMILES string of the molecule is Cc1cccc(/C=c2\s/c(=C(/C#N)C(=O)c3ccc(F)cc3)n(C)c2=O)c1. The normalized spacial score (nSPS) is 12.6. The number of benzene rings is 2. The van der Waals surface area contributed by atoms with Gasteiger partial charge >= 0.3 is 0 Å². The van der Waals surface area contributed by atoms with Crippen molar-refractivity contribution in [2.75, 3.05) is 0 Å². The van der Waals surface area contributed by atoms with Crippen LogP contribution in [0.2, 0.25) is 0 Å². The zero-order valence-corrected chi connectivity index (χ0v) is 15.5. The first-order valence-electron chi connectivity index (χ1n) is 8.09. The number of rotatable bonds is 3. The van der Waals surface area contributed by atoms with Crippen LogP contribution in [0.15, 0.2) is 53.3 Å². The van der Waals surface area contributed by atoms with Crippen LogP contribution in [-0.4, -0.2) is 10.4 Å². The van der Waals surface area contributed by atoms with Gasteiger partial charge in [0.15, 0.2) is 0 Å². The molecule has 4 nitrogen and oxygen atoms in total. The molecule has 0 saturated heterocycles. The van der Waals surface area contributed by atoms with Crippen molar-refractivity contribution in [1.29, 1.82) is 5.26 Å². The number of hydrogen-bond acceptors (Lipinski definition) is 4.